The predicted molar refractivity (Wildman–Crippen MR) is 73.9 cm³/mol. The van der Waals surface area contributed by atoms with Gasteiger partial charge in [-0.3, -0.25) is 0 Å². The third kappa shape index (κ3) is 2.54. The van der Waals surface area contributed by atoms with E-state index in [0.29, 0.717) is 6.10 Å². The average molecular weight is 245 g/mol. The van der Waals surface area contributed by atoms with Gasteiger partial charge in [0.2, 0.25) is 0 Å². The molecule has 2 aliphatic carbocycles. The molecule has 2 aliphatic rings. The van der Waals surface area contributed by atoms with Gasteiger partial charge in [0.05, 0.1) is 6.10 Å². The summed E-state index contributed by atoms with van der Waals surface area (Å²) in [5.41, 5.74) is 8.98. The van der Waals surface area contributed by atoms with Crippen molar-refractivity contribution >= 4 is 0 Å². The van der Waals surface area contributed by atoms with E-state index in [1.807, 2.05) is 0 Å². The van der Waals surface area contributed by atoms with Gasteiger partial charge in [0.15, 0.2) is 0 Å². The largest absolute Gasteiger partial charge is 0.490 e. The maximum Gasteiger partial charge on any atom is 0.123 e. The Hall–Kier alpha value is -1.02. The summed E-state index contributed by atoms with van der Waals surface area (Å²) in [4.78, 5) is 0. The molecule has 1 aromatic carbocycles. The molecule has 0 aromatic heterocycles. The first-order chi connectivity index (χ1) is 8.66. The van der Waals surface area contributed by atoms with Gasteiger partial charge in [-0.25, -0.2) is 0 Å². The Morgan fingerprint density at radius 3 is 2.67 bits per heavy atom. The fourth-order valence-electron chi connectivity index (χ4n) is 2.89. The lowest BCUT2D eigenvalue weighted by Crippen LogP contribution is -2.25. The second kappa shape index (κ2) is 4.58. The Labute approximate surface area is 110 Å². The van der Waals surface area contributed by atoms with E-state index in [9.17, 15) is 0 Å². The normalized spacial score (nSPS) is 22.1. The maximum absolute atomic E-state index is 6.27. The van der Waals surface area contributed by atoms with Crippen LogP contribution in [-0.4, -0.2) is 11.6 Å². The fraction of sp³-hybridized carbons (Fsp3) is 0.625. The fourth-order valence-corrected chi connectivity index (χ4v) is 2.89. The highest BCUT2D eigenvalue weighted by Gasteiger charge is 2.39. The Morgan fingerprint density at radius 1 is 1.28 bits per heavy atom. The molecule has 0 aliphatic heterocycles. The second-order valence-corrected chi connectivity index (χ2v) is 6.12. The molecule has 3 rings (SSSR count). The maximum atomic E-state index is 6.27. The molecule has 0 atom stereocenters. The highest BCUT2D eigenvalue weighted by Crippen LogP contribution is 2.39. The van der Waals surface area contributed by atoms with Crippen LogP contribution in [0.3, 0.4) is 0 Å². The minimum atomic E-state index is 0.0555. The smallest absolute Gasteiger partial charge is 0.123 e. The first-order valence-electron chi connectivity index (χ1n) is 7.20. The molecule has 2 N–H and O–H groups in total. The molecule has 0 spiro atoms. The third-order valence-corrected chi connectivity index (χ3v) is 4.38. The lowest BCUT2D eigenvalue weighted by atomic mass is 9.99. The van der Waals surface area contributed by atoms with Gasteiger partial charge >= 0.3 is 0 Å². The molecule has 18 heavy (non-hydrogen) atoms. The van der Waals surface area contributed by atoms with Crippen LogP contribution in [0.4, 0.5) is 0 Å². The van der Waals surface area contributed by atoms with Gasteiger partial charge in [-0.2, -0.15) is 0 Å². The Balaban J connectivity index is 1.80. The molecule has 0 radical (unpaired) electrons. The topological polar surface area (TPSA) is 35.2 Å². The number of benzene rings is 1. The monoisotopic (exact) mass is 245 g/mol. The number of hydrogen-bond donors (Lipinski definition) is 1. The van der Waals surface area contributed by atoms with E-state index in [2.05, 4.69) is 25.1 Å². The van der Waals surface area contributed by atoms with Crippen LogP contribution in [0.25, 0.3) is 0 Å². The summed E-state index contributed by atoms with van der Waals surface area (Å²) in [5.74, 6) is 1.08. The molecule has 2 fully saturated rings. The first-order valence-corrected chi connectivity index (χ1v) is 7.20. The lowest BCUT2D eigenvalue weighted by molar-refractivity contribution is 0.207. The summed E-state index contributed by atoms with van der Waals surface area (Å²) in [7, 11) is 0. The van der Waals surface area contributed by atoms with E-state index in [1.165, 1.54) is 36.8 Å². The van der Waals surface area contributed by atoms with Crippen molar-refractivity contribution in [2.45, 2.75) is 63.5 Å². The number of aryl methyl sites for hydroxylation is 1. The predicted octanol–water partition coefficient (Wildman–Crippen LogP) is 3.35. The zero-order chi connectivity index (χ0) is 12.6. The Bertz CT molecular complexity index is 431. The van der Waals surface area contributed by atoms with Crippen molar-refractivity contribution in [3.63, 3.8) is 0 Å². The number of ether oxygens (including phenoxy) is 1. The molecule has 0 heterocycles. The first kappa shape index (κ1) is 12.0. The van der Waals surface area contributed by atoms with E-state index in [0.717, 1.165) is 25.0 Å². The SMILES string of the molecule is Cc1cccc(OC2CCCC2)c1CC1(N)CC1. The van der Waals surface area contributed by atoms with Crippen LogP contribution in [-0.2, 0) is 6.42 Å². The molecule has 2 heteroatoms. The Kier molecular flexibility index (Phi) is 3.06. The molecule has 0 bridgehead atoms. The standard InChI is InChI=1S/C16H23NO/c1-12-5-4-8-15(18-13-6-2-3-7-13)14(12)11-16(17)9-10-16/h4-5,8,13H,2-3,6-7,9-11,17H2,1H3. The molecule has 0 saturated heterocycles. The van der Waals surface area contributed by atoms with Crippen molar-refractivity contribution in [1.82, 2.24) is 0 Å². The summed E-state index contributed by atoms with van der Waals surface area (Å²) in [6.07, 6.45) is 8.76. The molecule has 0 unspecified atom stereocenters. The van der Waals surface area contributed by atoms with Crippen molar-refractivity contribution in [3.05, 3.63) is 29.3 Å². The van der Waals surface area contributed by atoms with E-state index in [4.69, 9.17) is 10.5 Å². The van der Waals surface area contributed by atoms with Crippen LogP contribution in [0.1, 0.15) is 49.7 Å². The van der Waals surface area contributed by atoms with Gasteiger partial charge in [-0.1, -0.05) is 12.1 Å². The minimum Gasteiger partial charge on any atom is -0.490 e. The van der Waals surface area contributed by atoms with Gasteiger partial charge in [0.1, 0.15) is 5.75 Å². The molecule has 2 nitrogen and oxygen atoms in total. The third-order valence-electron chi connectivity index (χ3n) is 4.38. The van der Waals surface area contributed by atoms with E-state index in [1.54, 1.807) is 0 Å². The molecular formula is C16H23NO. The van der Waals surface area contributed by atoms with E-state index in [-0.39, 0.29) is 5.54 Å². The molecule has 0 amide bonds. The van der Waals surface area contributed by atoms with Crippen molar-refractivity contribution in [2.24, 2.45) is 5.73 Å². The average Bonchev–Trinajstić information content (AvgIpc) is 2.87. The second-order valence-electron chi connectivity index (χ2n) is 6.12. The van der Waals surface area contributed by atoms with Crippen molar-refractivity contribution < 1.29 is 4.74 Å². The zero-order valence-electron chi connectivity index (χ0n) is 11.2. The van der Waals surface area contributed by atoms with Crippen molar-refractivity contribution in [1.29, 1.82) is 0 Å². The van der Waals surface area contributed by atoms with Crippen LogP contribution in [0.2, 0.25) is 0 Å². The quantitative estimate of drug-likeness (QED) is 0.883. The summed E-state index contributed by atoms with van der Waals surface area (Å²) in [6, 6.07) is 6.38. The zero-order valence-corrected chi connectivity index (χ0v) is 11.2. The van der Waals surface area contributed by atoms with Crippen LogP contribution in [0.15, 0.2) is 18.2 Å². The number of nitrogens with two attached hydrogens (primary N) is 1. The Morgan fingerprint density at radius 2 is 2.00 bits per heavy atom. The number of hydrogen-bond acceptors (Lipinski definition) is 2. The molecule has 2 saturated carbocycles. The van der Waals surface area contributed by atoms with Gasteiger partial charge < -0.3 is 10.5 Å². The van der Waals surface area contributed by atoms with E-state index < -0.39 is 0 Å². The van der Waals surface area contributed by atoms with Crippen LogP contribution in [0.5, 0.6) is 5.75 Å². The van der Waals surface area contributed by atoms with Gasteiger partial charge in [-0.15, -0.1) is 0 Å². The molecule has 98 valence electrons. The summed E-state index contributed by atoms with van der Waals surface area (Å²) < 4.78 is 6.21. The number of rotatable bonds is 4. The molecule has 1 aromatic rings. The lowest BCUT2D eigenvalue weighted by Gasteiger charge is -2.20. The highest BCUT2D eigenvalue weighted by atomic mass is 16.5. The van der Waals surface area contributed by atoms with Crippen molar-refractivity contribution in [2.75, 3.05) is 0 Å². The van der Waals surface area contributed by atoms with Crippen LogP contribution < -0.4 is 10.5 Å². The van der Waals surface area contributed by atoms with Crippen molar-refractivity contribution in [3.8, 4) is 5.75 Å². The highest BCUT2D eigenvalue weighted by molar-refractivity contribution is 5.41. The summed E-state index contributed by atoms with van der Waals surface area (Å²) in [6.45, 7) is 2.17. The van der Waals surface area contributed by atoms with E-state index >= 15 is 0 Å². The van der Waals surface area contributed by atoms with Gasteiger partial charge in [0.25, 0.3) is 0 Å². The minimum absolute atomic E-state index is 0.0555. The van der Waals surface area contributed by atoms with Gasteiger partial charge in [-0.05, 0) is 69.1 Å². The summed E-state index contributed by atoms with van der Waals surface area (Å²) in [5, 5.41) is 0. The van der Waals surface area contributed by atoms with Crippen LogP contribution in [0, 0.1) is 6.92 Å². The summed E-state index contributed by atoms with van der Waals surface area (Å²) >= 11 is 0. The molecular weight excluding hydrogens is 222 g/mol. The van der Waals surface area contributed by atoms with Gasteiger partial charge in [0, 0.05) is 5.54 Å². The van der Waals surface area contributed by atoms with Crippen LogP contribution >= 0.6 is 0 Å².